The second-order valence-electron chi connectivity index (χ2n) is 4.52. The Morgan fingerprint density at radius 2 is 1.93 bits per heavy atom. The van der Waals surface area contributed by atoms with Gasteiger partial charge in [0, 0.05) is 12.2 Å². The summed E-state index contributed by atoms with van der Waals surface area (Å²) in [5.41, 5.74) is 1.22. The van der Waals surface area contributed by atoms with E-state index in [1.807, 2.05) is 0 Å². The van der Waals surface area contributed by atoms with Gasteiger partial charge in [-0.2, -0.15) is 0 Å². The van der Waals surface area contributed by atoms with Gasteiger partial charge in [0.25, 0.3) is 0 Å². The summed E-state index contributed by atoms with van der Waals surface area (Å²) in [5.74, 6) is 0.846. The van der Waals surface area contributed by atoms with Crippen LogP contribution in [0.4, 0.5) is 0 Å². The van der Waals surface area contributed by atoms with Crippen LogP contribution in [0.1, 0.15) is 59.3 Å². The summed E-state index contributed by atoms with van der Waals surface area (Å²) in [5, 5.41) is 3.40. The monoisotopic (exact) mass is 197 g/mol. The number of rotatable bonds is 9. The van der Waals surface area contributed by atoms with Gasteiger partial charge in [0.15, 0.2) is 0 Å². The van der Waals surface area contributed by atoms with Crippen LogP contribution in [0, 0.1) is 5.92 Å². The van der Waals surface area contributed by atoms with E-state index in [0.717, 1.165) is 18.9 Å². The lowest BCUT2D eigenvalue weighted by Crippen LogP contribution is -2.13. The minimum atomic E-state index is 0.846. The summed E-state index contributed by atoms with van der Waals surface area (Å²) in [6, 6.07) is 0. The third-order valence-corrected chi connectivity index (χ3v) is 2.42. The fraction of sp³-hybridized carbons (Fsp3) is 0.846. The van der Waals surface area contributed by atoms with Crippen LogP contribution in [-0.2, 0) is 0 Å². The van der Waals surface area contributed by atoms with Crippen molar-refractivity contribution < 1.29 is 0 Å². The number of hydrogen-bond acceptors (Lipinski definition) is 1. The highest BCUT2D eigenvalue weighted by Gasteiger charge is 1.95. The van der Waals surface area contributed by atoms with Crippen LogP contribution in [0.5, 0.6) is 0 Å². The molecule has 0 heterocycles. The molecule has 0 saturated carbocycles. The molecular weight excluding hydrogens is 170 g/mol. The smallest absolute Gasteiger partial charge is 0.0143 e. The predicted octanol–water partition coefficient (Wildman–Crippen LogP) is 4.11. The lowest BCUT2D eigenvalue weighted by Gasteiger charge is -2.09. The molecule has 0 saturated heterocycles. The Balaban J connectivity index is 3.15. The van der Waals surface area contributed by atoms with Gasteiger partial charge in [-0.3, -0.25) is 0 Å². The summed E-state index contributed by atoms with van der Waals surface area (Å²) in [4.78, 5) is 0. The number of nitrogens with one attached hydrogen (secondary N) is 1. The zero-order chi connectivity index (χ0) is 10.8. The van der Waals surface area contributed by atoms with Crippen molar-refractivity contribution in [1.82, 2.24) is 5.32 Å². The van der Waals surface area contributed by atoms with E-state index in [4.69, 9.17) is 0 Å². The standard InChI is InChI=1S/C13H27N/c1-5-6-10-13(4)14-11-8-7-9-12(2)3/h12,14H,4-11H2,1-3H3. The SMILES string of the molecule is C=C(CCCC)NCCCCC(C)C. The van der Waals surface area contributed by atoms with E-state index in [1.54, 1.807) is 0 Å². The highest BCUT2D eigenvalue weighted by atomic mass is 14.9. The quantitative estimate of drug-likeness (QED) is 0.549. The predicted molar refractivity (Wildman–Crippen MR) is 65.4 cm³/mol. The van der Waals surface area contributed by atoms with Crippen molar-refractivity contribution in [2.24, 2.45) is 5.92 Å². The molecule has 0 aliphatic heterocycles. The Bertz CT molecular complexity index is 138. The molecular formula is C13H27N. The molecule has 0 aliphatic carbocycles. The third-order valence-electron chi connectivity index (χ3n) is 2.42. The van der Waals surface area contributed by atoms with Gasteiger partial charge >= 0.3 is 0 Å². The van der Waals surface area contributed by atoms with Crippen LogP contribution >= 0.6 is 0 Å². The van der Waals surface area contributed by atoms with Gasteiger partial charge in [-0.25, -0.2) is 0 Å². The first-order chi connectivity index (χ1) is 6.66. The summed E-state index contributed by atoms with van der Waals surface area (Å²) in [7, 11) is 0. The van der Waals surface area contributed by atoms with Crippen molar-refractivity contribution in [3.8, 4) is 0 Å². The highest BCUT2D eigenvalue weighted by Crippen LogP contribution is 2.06. The van der Waals surface area contributed by atoms with Crippen molar-refractivity contribution in [3.63, 3.8) is 0 Å². The lowest BCUT2D eigenvalue weighted by molar-refractivity contribution is 0.528. The van der Waals surface area contributed by atoms with Gasteiger partial charge in [0.1, 0.15) is 0 Å². The lowest BCUT2D eigenvalue weighted by atomic mass is 10.1. The average Bonchev–Trinajstić information content (AvgIpc) is 2.13. The van der Waals surface area contributed by atoms with E-state index < -0.39 is 0 Å². The molecule has 0 fully saturated rings. The average molecular weight is 197 g/mol. The molecule has 1 N–H and O–H groups in total. The molecule has 0 atom stereocenters. The molecule has 0 amide bonds. The highest BCUT2D eigenvalue weighted by molar-refractivity contribution is 4.90. The molecule has 0 aromatic heterocycles. The molecule has 0 aromatic rings. The molecule has 0 unspecified atom stereocenters. The summed E-state index contributed by atoms with van der Waals surface area (Å²) in [6.45, 7) is 11.9. The second kappa shape index (κ2) is 9.11. The second-order valence-corrected chi connectivity index (χ2v) is 4.52. The fourth-order valence-electron chi connectivity index (χ4n) is 1.42. The van der Waals surface area contributed by atoms with Crippen molar-refractivity contribution in [2.75, 3.05) is 6.54 Å². The molecule has 0 rings (SSSR count). The number of allylic oxidation sites excluding steroid dienone is 1. The van der Waals surface area contributed by atoms with Gasteiger partial charge in [-0.05, 0) is 25.2 Å². The zero-order valence-electron chi connectivity index (χ0n) is 10.2. The van der Waals surface area contributed by atoms with Crippen molar-refractivity contribution >= 4 is 0 Å². The molecule has 0 spiro atoms. The van der Waals surface area contributed by atoms with E-state index in [9.17, 15) is 0 Å². The Hall–Kier alpha value is -0.460. The Morgan fingerprint density at radius 3 is 2.50 bits per heavy atom. The molecule has 0 bridgehead atoms. The Kier molecular flexibility index (Phi) is 8.81. The van der Waals surface area contributed by atoms with E-state index in [2.05, 4.69) is 32.7 Å². The fourth-order valence-corrected chi connectivity index (χ4v) is 1.42. The maximum atomic E-state index is 4.01. The number of hydrogen-bond donors (Lipinski definition) is 1. The largest absolute Gasteiger partial charge is 0.389 e. The van der Waals surface area contributed by atoms with Gasteiger partial charge in [-0.1, -0.05) is 46.6 Å². The van der Waals surface area contributed by atoms with Gasteiger partial charge in [-0.15, -0.1) is 0 Å². The Morgan fingerprint density at radius 1 is 1.21 bits per heavy atom. The third kappa shape index (κ3) is 9.63. The molecule has 14 heavy (non-hydrogen) atoms. The molecule has 0 aromatic carbocycles. The minimum Gasteiger partial charge on any atom is -0.389 e. The molecule has 0 aliphatic rings. The molecule has 0 radical (unpaired) electrons. The van der Waals surface area contributed by atoms with Crippen LogP contribution in [0.25, 0.3) is 0 Å². The maximum absolute atomic E-state index is 4.01. The van der Waals surface area contributed by atoms with Crippen molar-refractivity contribution in [1.29, 1.82) is 0 Å². The van der Waals surface area contributed by atoms with E-state index in [-0.39, 0.29) is 0 Å². The molecule has 1 nitrogen and oxygen atoms in total. The summed E-state index contributed by atoms with van der Waals surface area (Å²) < 4.78 is 0. The number of unbranched alkanes of at least 4 members (excludes halogenated alkanes) is 2. The van der Waals surface area contributed by atoms with Gasteiger partial charge < -0.3 is 5.32 Å². The van der Waals surface area contributed by atoms with Crippen LogP contribution < -0.4 is 5.32 Å². The van der Waals surface area contributed by atoms with Crippen LogP contribution in [0.3, 0.4) is 0 Å². The van der Waals surface area contributed by atoms with E-state index >= 15 is 0 Å². The van der Waals surface area contributed by atoms with Crippen molar-refractivity contribution in [2.45, 2.75) is 59.3 Å². The Labute approximate surface area is 90.0 Å². The zero-order valence-corrected chi connectivity index (χ0v) is 10.2. The van der Waals surface area contributed by atoms with Crippen LogP contribution in [-0.4, -0.2) is 6.54 Å². The first kappa shape index (κ1) is 13.5. The van der Waals surface area contributed by atoms with E-state index in [0.29, 0.717) is 0 Å². The summed E-state index contributed by atoms with van der Waals surface area (Å²) >= 11 is 0. The molecule has 84 valence electrons. The first-order valence-corrected chi connectivity index (χ1v) is 6.08. The molecule has 1 heteroatoms. The topological polar surface area (TPSA) is 12.0 Å². The van der Waals surface area contributed by atoms with Gasteiger partial charge in [0.05, 0.1) is 0 Å². The summed E-state index contributed by atoms with van der Waals surface area (Å²) in [6.07, 6.45) is 7.63. The maximum Gasteiger partial charge on any atom is 0.0143 e. The van der Waals surface area contributed by atoms with E-state index in [1.165, 1.54) is 37.8 Å². The first-order valence-electron chi connectivity index (χ1n) is 6.08. The van der Waals surface area contributed by atoms with Crippen LogP contribution in [0.2, 0.25) is 0 Å². The van der Waals surface area contributed by atoms with Crippen molar-refractivity contribution in [3.05, 3.63) is 12.3 Å². The van der Waals surface area contributed by atoms with Crippen LogP contribution in [0.15, 0.2) is 12.3 Å². The minimum absolute atomic E-state index is 0.846. The van der Waals surface area contributed by atoms with Gasteiger partial charge in [0.2, 0.25) is 0 Å². The normalized spacial score (nSPS) is 10.6.